The number of hydrogen-bond donors (Lipinski definition) is 2. The van der Waals surface area contributed by atoms with Crippen LogP contribution in [-0.2, 0) is 4.74 Å². The number of quaternary nitrogens is 1. The zero-order chi connectivity index (χ0) is 19.8. The van der Waals surface area contributed by atoms with Crippen LogP contribution in [0.2, 0.25) is 0 Å². The molecule has 6 heteroatoms. The second kappa shape index (κ2) is 10.2. The van der Waals surface area contributed by atoms with Crippen LogP contribution < -0.4 is 9.64 Å². The van der Waals surface area contributed by atoms with Gasteiger partial charge in [-0.1, -0.05) is 19.1 Å². The van der Waals surface area contributed by atoms with Crippen LogP contribution in [0.25, 0.3) is 0 Å². The summed E-state index contributed by atoms with van der Waals surface area (Å²) in [5, 5.41) is 10.2. The van der Waals surface area contributed by atoms with Crippen molar-refractivity contribution in [1.82, 2.24) is 0 Å². The summed E-state index contributed by atoms with van der Waals surface area (Å²) in [6.07, 6.45) is 2.61. The van der Waals surface area contributed by atoms with E-state index in [9.17, 15) is 9.50 Å². The van der Waals surface area contributed by atoms with Crippen LogP contribution >= 0.6 is 0 Å². The molecule has 2 aromatic carbocycles. The molecule has 0 amide bonds. The molecule has 2 N–H and O–H groups in total. The lowest BCUT2D eigenvalue weighted by Crippen LogP contribution is -3.14. The van der Waals surface area contributed by atoms with E-state index in [-0.39, 0.29) is 17.6 Å². The molecule has 28 heavy (non-hydrogen) atoms. The van der Waals surface area contributed by atoms with Crippen molar-refractivity contribution < 1.29 is 23.9 Å². The highest BCUT2D eigenvalue weighted by Crippen LogP contribution is 2.22. The van der Waals surface area contributed by atoms with Crippen molar-refractivity contribution in [1.29, 1.82) is 0 Å². The van der Waals surface area contributed by atoms with E-state index < -0.39 is 0 Å². The van der Waals surface area contributed by atoms with Gasteiger partial charge in [-0.05, 0) is 30.7 Å². The SMILES string of the molecule is CCCOc1ccc(C=NC[C@@H](c2ccc(F)cc2)[NH+]2CCOCC2)c(O)c1. The van der Waals surface area contributed by atoms with Gasteiger partial charge in [-0.15, -0.1) is 0 Å². The third-order valence-electron chi connectivity index (χ3n) is 4.89. The number of ether oxygens (including phenoxy) is 2. The largest absolute Gasteiger partial charge is 0.507 e. The van der Waals surface area contributed by atoms with Crippen LogP contribution in [0.4, 0.5) is 4.39 Å². The van der Waals surface area contributed by atoms with Gasteiger partial charge in [0.15, 0.2) is 0 Å². The molecule has 1 saturated heterocycles. The summed E-state index contributed by atoms with van der Waals surface area (Å²) < 4.78 is 24.3. The fraction of sp³-hybridized carbons (Fsp3) is 0.409. The van der Waals surface area contributed by atoms with Crippen molar-refractivity contribution in [2.24, 2.45) is 4.99 Å². The second-order valence-electron chi connectivity index (χ2n) is 6.94. The van der Waals surface area contributed by atoms with Crippen LogP contribution in [0.3, 0.4) is 0 Å². The molecule has 0 radical (unpaired) electrons. The third-order valence-corrected chi connectivity index (χ3v) is 4.89. The smallest absolute Gasteiger partial charge is 0.133 e. The van der Waals surface area contributed by atoms with Crippen molar-refractivity contribution in [3.63, 3.8) is 0 Å². The molecular formula is C22H28FN2O3+. The highest BCUT2D eigenvalue weighted by atomic mass is 19.1. The number of morpholine rings is 1. The van der Waals surface area contributed by atoms with Gasteiger partial charge in [0.1, 0.15) is 36.4 Å². The van der Waals surface area contributed by atoms with E-state index in [1.54, 1.807) is 18.3 Å². The van der Waals surface area contributed by atoms with Gasteiger partial charge in [0.05, 0.1) is 26.4 Å². The maximum Gasteiger partial charge on any atom is 0.133 e. The normalized spacial score (nSPS) is 16.4. The molecule has 0 bridgehead atoms. The minimum absolute atomic E-state index is 0.120. The highest BCUT2D eigenvalue weighted by Gasteiger charge is 2.26. The van der Waals surface area contributed by atoms with Gasteiger partial charge < -0.3 is 19.5 Å². The molecule has 0 unspecified atom stereocenters. The Morgan fingerprint density at radius 2 is 1.96 bits per heavy atom. The Hall–Kier alpha value is -2.44. The number of phenolic OH excluding ortho intramolecular Hbond substituents is 1. The van der Waals surface area contributed by atoms with E-state index in [1.807, 2.05) is 25.1 Å². The molecule has 1 atom stereocenters. The van der Waals surface area contributed by atoms with E-state index in [1.165, 1.54) is 17.0 Å². The molecular weight excluding hydrogens is 359 g/mol. The van der Waals surface area contributed by atoms with Crippen molar-refractivity contribution in [2.45, 2.75) is 19.4 Å². The second-order valence-corrected chi connectivity index (χ2v) is 6.94. The lowest BCUT2D eigenvalue weighted by molar-refractivity contribution is -0.937. The van der Waals surface area contributed by atoms with Gasteiger partial charge in [-0.25, -0.2) is 4.39 Å². The number of halogens is 1. The summed E-state index contributed by atoms with van der Waals surface area (Å²) in [5.74, 6) is 0.561. The zero-order valence-electron chi connectivity index (χ0n) is 16.2. The molecule has 150 valence electrons. The number of hydrogen-bond acceptors (Lipinski definition) is 4. The molecule has 0 aliphatic carbocycles. The quantitative estimate of drug-likeness (QED) is 0.684. The monoisotopic (exact) mass is 387 g/mol. The maximum atomic E-state index is 13.3. The molecule has 5 nitrogen and oxygen atoms in total. The van der Waals surface area contributed by atoms with Crippen molar-refractivity contribution in [3.05, 3.63) is 59.4 Å². The number of rotatable bonds is 8. The van der Waals surface area contributed by atoms with Gasteiger partial charge in [0, 0.05) is 23.4 Å². The first-order valence-corrected chi connectivity index (χ1v) is 9.81. The number of phenols is 1. The number of aromatic hydroxyl groups is 1. The topological polar surface area (TPSA) is 55.5 Å². The molecule has 2 aromatic rings. The van der Waals surface area contributed by atoms with Gasteiger partial charge in [0.2, 0.25) is 0 Å². The molecule has 0 aromatic heterocycles. The number of nitrogens with one attached hydrogen (secondary N) is 1. The van der Waals surface area contributed by atoms with Gasteiger partial charge in [-0.3, -0.25) is 4.99 Å². The van der Waals surface area contributed by atoms with Crippen LogP contribution in [0.15, 0.2) is 47.5 Å². The van der Waals surface area contributed by atoms with Crippen LogP contribution in [0.1, 0.15) is 30.5 Å². The Labute approximate surface area is 165 Å². The predicted octanol–water partition coefficient (Wildman–Crippen LogP) is 2.40. The number of nitrogens with zero attached hydrogens (tertiary/aromatic N) is 1. The minimum atomic E-state index is -0.238. The van der Waals surface area contributed by atoms with Crippen LogP contribution in [0.5, 0.6) is 11.5 Å². The first-order chi connectivity index (χ1) is 13.7. The lowest BCUT2D eigenvalue weighted by atomic mass is 10.0. The fourth-order valence-corrected chi connectivity index (χ4v) is 3.35. The van der Waals surface area contributed by atoms with Gasteiger partial charge in [-0.2, -0.15) is 0 Å². The van der Waals surface area contributed by atoms with E-state index >= 15 is 0 Å². The predicted molar refractivity (Wildman–Crippen MR) is 107 cm³/mol. The summed E-state index contributed by atoms with van der Waals surface area (Å²) in [4.78, 5) is 5.96. The lowest BCUT2D eigenvalue weighted by Gasteiger charge is -2.31. The van der Waals surface area contributed by atoms with E-state index in [0.29, 0.717) is 24.5 Å². The minimum Gasteiger partial charge on any atom is -0.507 e. The Bertz CT molecular complexity index is 774. The Morgan fingerprint density at radius 1 is 1.21 bits per heavy atom. The average molecular weight is 387 g/mol. The maximum absolute atomic E-state index is 13.3. The number of benzene rings is 2. The van der Waals surface area contributed by atoms with Gasteiger partial charge in [0.25, 0.3) is 0 Å². The third kappa shape index (κ3) is 5.53. The molecule has 1 fully saturated rings. The Kier molecular flexibility index (Phi) is 7.39. The van der Waals surface area contributed by atoms with E-state index in [4.69, 9.17) is 9.47 Å². The average Bonchev–Trinajstić information content (AvgIpc) is 2.72. The van der Waals surface area contributed by atoms with Crippen LogP contribution in [-0.4, -0.2) is 50.8 Å². The van der Waals surface area contributed by atoms with Gasteiger partial charge >= 0.3 is 0 Å². The molecule has 1 heterocycles. The fourth-order valence-electron chi connectivity index (χ4n) is 3.35. The summed E-state index contributed by atoms with van der Waals surface area (Å²) in [6.45, 7) is 6.43. The standard InChI is InChI=1S/C22H27FN2O3/c1-2-11-28-20-8-5-18(22(26)14-20)15-24-16-21(25-9-12-27-13-10-25)17-3-6-19(23)7-4-17/h3-8,14-15,21,26H,2,9-13,16H2,1H3/p+1/t21-/m0/s1. The molecule has 3 rings (SSSR count). The molecule has 1 aliphatic heterocycles. The summed E-state index contributed by atoms with van der Waals surface area (Å²) in [7, 11) is 0. The highest BCUT2D eigenvalue weighted by molar-refractivity contribution is 5.83. The summed E-state index contributed by atoms with van der Waals surface area (Å²) in [5.41, 5.74) is 1.71. The van der Waals surface area contributed by atoms with Crippen molar-refractivity contribution in [3.8, 4) is 11.5 Å². The molecule has 1 aliphatic rings. The van der Waals surface area contributed by atoms with E-state index in [0.717, 1.165) is 38.3 Å². The van der Waals surface area contributed by atoms with Crippen molar-refractivity contribution >= 4 is 6.21 Å². The summed E-state index contributed by atoms with van der Waals surface area (Å²) >= 11 is 0. The molecule has 0 saturated carbocycles. The first kappa shape index (κ1) is 20.3. The first-order valence-electron chi connectivity index (χ1n) is 9.81. The van der Waals surface area contributed by atoms with Crippen molar-refractivity contribution in [2.75, 3.05) is 39.5 Å². The van der Waals surface area contributed by atoms with Crippen LogP contribution in [0, 0.1) is 5.82 Å². The molecule has 0 spiro atoms. The van der Waals surface area contributed by atoms with E-state index in [2.05, 4.69) is 4.99 Å². The number of aliphatic imine (C=N–C) groups is 1. The zero-order valence-corrected chi connectivity index (χ0v) is 16.2. The Morgan fingerprint density at radius 3 is 2.64 bits per heavy atom. The summed E-state index contributed by atoms with van der Waals surface area (Å²) in [6, 6.07) is 12.0. The Balaban J connectivity index is 1.71.